The van der Waals surface area contributed by atoms with Gasteiger partial charge in [0.15, 0.2) is 11.2 Å². The number of imidazole rings is 1. The van der Waals surface area contributed by atoms with Gasteiger partial charge in [0.2, 0.25) is 11.9 Å². The van der Waals surface area contributed by atoms with Gasteiger partial charge >= 0.3 is 8.25 Å². The first kappa shape index (κ1) is 49.2. The van der Waals surface area contributed by atoms with Gasteiger partial charge in [0.1, 0.15) is 41.3 Å². The van der Waals surface area contributed by atoms with Crippen LogP contribution in [-0.2, 0) is 29.0 Å². The van der Waals surface area contributed by atoms with Gasteiger partial charge in [-0.25, -0.2) is 4.98 Å². The molecule has 7 rings (SSSR count). The molecule has 344 valence electrons. The molecule has 0 spiro atoms. The van der Waals surface area contributed by atoms with Gasteiger partial charge in [0, 0.05) is 23.4 Å². The lowest BCUT2D eigenvalue weighted by molar-refractivity contribution is -0.894. The zero-order chi connectivity index (χ0) is 46.7. The normalized spacial score (nSPS) is 16.3. The lowest BCUT2D eigenvalue weighted by Gasteiger charge is -2.37. The van der Waals surface area contributed by atoms with Gasteiger partial charge in [0.05, 0.1) is 51.8 Å². The van der Waals surface area contributed by atoms with Crippen LogP contribution < -0.4 is 29.3 Å². The van der Waals surface area contributed by atoms with Crippen molar-refractivity contribution in [1.82, 2.24) is 19.5 Å². The van der Waals surface area contributed by atoms with Crippen LogP contribution in [0.3, 0.4) is 0 Å². The molecule has 4 aromatic carbocycles. The van der Waals surface area contributed by atoms with E-state index in [2.05, 4.69) is 41.0 Å². The van der Waals surface area contributed by atoms with Crippen LogP contribution in [0.25, 0.3) is 11.2 Å². The Bertz CT molecular complexity index is 2460. The molecule has 2 aromatic heterocycles. The first-order chi connectivity index (χ1) is 31.3. The predicted octanol–water partition coefficient (Wildman–Crippen LogP) is 8.17. The summed E-state index contributed by atoms with van der Waals surface area (Å²) < 4.78 is 49.9. The maximum atomic E-state index is 12.8. The molecule has 18 heteroatoms. The minimum atomic E-state index is -3.30. The van der Waals surface area contributed by atoms with E-state index in [0.29, 0.717) is 16.5 Å². The third-order valence-corrected chi connectivity index (χ3v) is 12.1. The molecular weight excluding hydrogens is 894 g/mol. The number of halogens is 2. The van der Waals surface area contributed by atoms with Crippen LogP contribution in [0.1, 0.15) is 64.0 Å². The molecule has 1 amide bonds. The molecule has 0 saturated carbocycles. The Morgan fingerprint density at radius 1 is 0.908 bits per heavy atom. The summed E-state index contributed by atoms with van der Waals surface area (Å²) in [5.74, 6) is 0.691. The summed E-state index contributed by atoms with van der Waals surface area (Å²) in [5, 5.41) is 3.34. The number of rotatable bonds is 18. The highest BCUT2D eigenvalue weighted by Gasteiger charge is 2.45. The molecule has 6 aromatic rings. The molecule has 0 bridgehead atoms. The van der Waals surface area contributed by atoms with Gasteiger partial charge in [-0.2, -0.15) is 9.97 Å². The third kappa shape index (κ3) is 11.8. The van der Waals surface area contributed by atoms with Crippen molar-refractivity contribution in [1.29, 1.82) is 0 Å². The summed E-state index contributed by atoms with van der Waals surface area (Å²) in [5.41, 5.74) is 1.54. The van der Waals surface area contributed by atoms with Crippen molar-refractivity contribution >= 4 is 54.5 Å². The number of carbonyl (C=O) groups is 1. The van der Waals surface area contributed by atoms with E-state index in [-0.39, 0.29) is 58.6 Å². The monoisotopic (exact) mass is 947 g/mol. The van der Waals surface area contributed by atoms with E-state index in [1.54, 1.807) is 49.7 Å². The smallest absolute Gasteiger partial charge is 0.488 e. The van der Waals surface area contributed by atoms with E-state index < -0.39 is 32.3 Å². The fourth-order valence-electron chi connectivity index (χ4n) is 7.42. The molecule has 0 aliphatic carbocycles. The van der Waals surface area contributed by atoms with Crippen LogP contribution in [0.5, 0.6) is 23.1 Å². The van der Waals surface area contributed by atoms with Crippen molar-refractivity contribution in [3.63, 3.8) is 0 Å². The first-order valence-corrected chi connectivity index (χ1v) is 23.2. The van der Waals surface area contributed by atoms with Gasteiger partial charge in [-0.3, -0.25) is 14.7 Å². The number of carbonyl (C=O) groups excluding carboxylic acids is 1. The van der Waals surface area contributed by atoms with Crippen molar-refractivity contribution in [2.75, 3.05) is 45.8 Å². The minimum Gasteiger partial charge on any atom is -0.566 e. The predicted molar refractivity (Wildman–Crippen MR) is 247 cm³/mol. The van der Waals surface area contributed by atoms with Gasteiger partial charge in [-0.1, -0.05) is 91.6 Å². The molecule has 4 atom stereocenters. The van der Waals surface area contributed by atoms with Gasteiger partial charge < -0.3 is 33.5 Å². The molecule has 0 radical (unpaired) electrons. The second-order valence-corrected chi connectivity index (χ2v) is 16.9. The van der Waals surface area contributed by atoms with Gasteiger partial charge in [0.25, 0.3) is 5.88 Å². The second kappa shape index (κ2) is 22.8. The Morgan fingerprint density at radius 2 is 1.51 bits per heavy atom. The molecule has 1 unspecified atom stereocenters. The Morgan fingerprint density at radius 3 is 2.05 bits per heavy atom. The number of aromatic nitrogens is 4. The Hall–Kier alpha value is -5.22. The van der Waals surface area contributed by atoms with Crippen LogP contribution in [0, 0.1) is 5.92 Å². The zero-order valence-corrected chi connectivity index (χ0v) is 39.7. The summed E-state index contributed by atoms with van der Waals surface area (Å²) in [6.07, 6.45) is -1.24. The van der Waals surface area contributed by atoms with E-state index >= 15 is 0 Å². The highest BCUT2D eigenvalue weighted by molar-refractivity contribution is 7.30. The number of ether oxygens (including phenoxy) is 5. The molecule has 2 N–H and O–H groups in total. The number of quaternary nitrogens is 1. The van der Waals surface area contributed by atoms with E-state index in [1.165, 1.54) is 32.0 Å². The molecule has 15 nitrogen and oxygen atoms in total. The SMILES string of the molecule is CC[NH+](CC)CC.COc1ccc(C(OC[C@H]2O[C@@H](n3cnc4c(Oc5cc(Cl)ccc5Cl)nc(NC(=O)C(C)C)nc43)C[C@@H]2O[P+](=O)[O-])(c2ccccc2)c2ccc(OC)cc2)cc1. The first-order valence-electron chi connectivity index (χ1n) is 21.3. The van der Waals surface area contributed by atoms with E-state index in [9.17, 15) is 14.3 Å². The number of amides is 1. The van der Waals surface area contributed by atoms with Gasteiger partial charge in [-0.05, 0) is 78.4 Å². The number of benzene rings is 4. The van der Waals surface area contributed by atoms with Crippen LogP contribution in [0.15, 0.2) is 103 Å². The molecule has 1 aliphatic heterocycles. The van der Waals surface area contributed by atoms with Crippen molar-refractivity contribution in [2.24, 2.45) is 5.92 Å². The third-order valence-electron chi connectivity index (χ3n) is 11.1. The number of nitrogens with one attached hydrogen (secondary N) is 2. The van der Waals surface area contributed by atoms with Crippen molar-refractivity contribution in [3.8, 4) is 23.1 Å². The number of fused-ring (bicyclic) bond motifs is 1. The van der Waals surface area contributed by atoms with Gasteiger partial charge in [-0.15, -0.1) is 4.52 Å². The van der Waals surface area contributed by atoms with Crippen LogP contribution in [-0.4, -0.2) is 78.1 Å². The highest BCUT2D eigenvalue weighted by atomic mass is 35.5. The number of anilines is 1. The average Bonchev–Trinajstić information content (AvgIpc) is 3.93. The molecule has 1 saturated heterocycles. The maximum Gasteiger partial charge on any atom is 0.488 e. The maximum absolute atomic E-state index is 12.8. The Kier molecular flexibility index (Phi) is 17.3. The number of hydrogen-bond donors (Lipinski definition) is 2. The summed E-state index contributed by atoms with van der Waals surface area (Å²) in [6, 6.07) is 29.4. The fourth-order valence-corrected chi connectivity index (χ4v) is 8.18. The summed E-state index contributed by atoms with van der Waals surface area (Å²) in [7, 11) is -0.112. The summed E-state index contributed by atoms with van der Waals surface area (Å²) >= 11 is 12.7. The molecule has 1 aliphatic rings. The largest absolute Gasteiger partial charge is 0.566 e. The van der Waals surface area contributed by atoms with Crippen molar-refractivity contribution in [2.45, 2.75) is 65.1 Å². The second-order valence-electron chi connectivity index (χ2n) is 15.4. The molecular formula is C47H54Cl2N6O9P+. The topological polar surface area (TPSA) is 173 Å². The average molecular weight is 949 g/mol. The van der Waals surface area contributed by atoms with Crippen LogP contribution >= 0.6 is 31.5 Å². The van der Waals surface area contributed by atoms with Crippen LogP contribution in [0.2, 0.25) is 10.0 Å². The van der Waals surface area contributed by atoms with Crippen molar-refractivity contribution < 1.29 is 47.4 Å². The fraction of sp³-hybridized carbons (Fsp3) is 0.362. The van der Waals surface area contributed by atoms with E-state index in [1.807, 2.05) is 78.9 Å². The standard InChI is InChI=1S/C41H38Cl2N5O9P.C6H15N/c1-24(2)38(49)46-40-45-37-36(39(47-40)56-32-20-28(42)14-19-31(32)43)44-23-48(37)35-21-33(57-58(50)51)34(55-35)22-54-41(25-8-6-5-7-9-25,26-10-15-29(52-3)16-11-26)27-12-17-30(53-4)18-13-27;1-4-7(5-2)6-3/h5-20,23-24,33-35H,21-22H2,1-4H3,(H,45,46,47,49);4-6H2,1-3H3/p+1/t33-,34+,35+;/m0./s1. The Labute approximate surface area is 389 Å². The molecule has 1 fully saturated rings. The van der Waals surface area contributed by atoms with Crippen molar-refractivity contribution in [3.05, 3.63) is 130 Å². The molecule has 3 heterocycles. The summed E-state index contributed by atoms with van der Waals surface area (Å²) in [6.45, 7) is 13.8. The lowest BCUT2D eigenvalue weighted by Crippen LogP contribution is -3.11. The number of methoxy groups -OCH3 is 2. The minimum absolute atomic E-state index is 0.0214. The van der Waals surface area contributed by atoms with E-state index in [0.717, 1.165) is 16.7 Å². The molecule has 65 heavy (non-hydrogen) atoms. The summed E-state index contributed by atoms with van der Waals surface area (Å²) in [4.78, 5) is 40.2. The number of nitrogens with zero attached hydrogens (tertiary/aromatic N) is 4. The Balaban J connectivity index is 0.000000925. The zero-order valence-electron chi connectivity index (χ0n) is 37.3. The highest BCUT2D eigenvalue weighted by Crippen LogP contribution is 2.44. The quantitative estimate of drug-likeness (QED) is 0.0627. The van der Waals surface area contributed by atoms with E-state index in [4.69, 9.17) is 51.4 Å². The lowest BCUT2D eigenvalue weighted by atomic mass is 9.80. The van der Waals surface area contributed by atoms with Crippen LogP contribution in [0.4, 0.5) is 5.95 Å². The number of hydrogen-bond acceptors (Lipinski definition) is 12.